The Labute approximate surface area is 98.0 Å². The van der Waals surface area contributed by atoms with Gasteiger partial charge in [0.1, 0.15) is 6.42 Å². The minimum Gasteiger partial charge on any atom is -0.466 e. The maximum absolute atomic E-state index is 11.5. The van der Waals surface area contributed by atoms with Crippen LogP contribution in [0.4, 0.5) is 0 Å². The molecule has 94 valence electrons. The number of ether oxygens (including phenoxy) is 1. The molecule has 0 rings (SSSR count). The number of Topliss-reactive ketones (excluding diaryl/α,β-unsaturated/α-hetero) is 1. The van der Waals surface area contributed by atoms with E-state index in [0.29, 0.717) is 25.1 Å². The third kappa shape index (κ3) is 5.85. The van der Waals surface area contributed by atoms with Gasteiger partial charge in [0.2, 0.25) is 0 Å². The quantitative estimate of drug-likeness (QED) is 0.490. The number of hydrogen-bond acceptors (Lipinski definition) is 4. The first kappa shape index (κ1) is 15.1. The lowest BCUT2D eigenvalue weighted by molar-refractivity contribution is -0.145. The molecular formula is C12H23NO3. The van der Waals surface area contributed by atoms with Crippen LogP contribution in [-0.2, 0) is 14.3 Å². The second-order valence-electron chi connectivity index (χ2n) is 4.42. The van der Waals surface area contributed by atoms with Crippen molar-refractivity contribution in [3.05, 3.63) is 0 Å². The Morgan fingerprint density at radius 2 is 1.81 bits per heavy atom. The van der Waals surface area contributed by atoms with Gasteiger partial charge in [0, 0.05) is 6.04 Å². The minimum absolute atomic E-state index is 0.0894. The summed E-state index contributed by atoms with van der Waals surface area (Å²) < 4.78 is 4.72. The Kier molecular flexibility index (Phi) is 6.97. The van der Waals surface area contributed by atoms with E-state index in [2.05, 4.69) is 20.8 Å². The highest BCUT2D eigenvalue weighted by Crippen LogP contribution is 2.07. The molecule has 4 heteroatoms. The monoisotopic (exact) mass is 229 g/mol. The van der Waals surface area contributed by atoms with Gasteiger partial charge in [0.25, 0.3) is 0 Å². The smallest absolute Gasteiger partial charge is 0.313 e. The highest BCUT2D eigenvalue weighted by Gasteiger charge is 2.17. The van der Waals surface area contributed by atoms with Crippen LogP contribution in [0.5, 0.6) is 0 Å². The minimum atomic E-state index is -0.432. The molecule has 0 aliphatic heterocycles. The summed E-state index contributed by atoms with van der Waals surface area (Å²) in [4.78, 5) is 24.6. The van der Waals surface area contributed by atoms with Crippen LogP contribution in [0.1, 0.15) is 34.1 Å². The summed E-state index contributed by atoms with van der Waals surface area (Å²) in [6.45, 7) is 8.65. The van der Waals surface area contributed by atoms with Crippen molar-refractivity contribution in [3.63, 3.8) is 0 Å². The van der Waals surface area contributed by atoms with E-state index in [9.17, 15) is 9.59 Å². The molecule has 0 saturated carbocycles. The van der Waals surface area contributed by atoms with E-state index in [1.807, 2.05) is 11.9 Å². The van der Waals surface area contributed by atoms with Crippen LogP contribution in [0.2, 0.25) is 0 Å². The standard InChI is InChI=1S/C12H23NO3/c1-6-16-12(15)7-11(14)8-13(5)10(4)9(2)3/h9-10H,6-8H2,1-5H3. The Hall–Kier alpha value is -0.900. The van der Waals surface area contributed by atoms with Gasteiger partial charge in [-0.3, -0.25) is 14.5 Å². The van der Waals surface area contributed by atoms with Gasteiger partial charge in [0.15, 0.2) is 5.78 Å². The number of hydrogen-bond donors (Lipinski definition) is 0. The highest BCUT2D eigenvalue weighted by atomic mass is 16.5. The molecule has 4 nitrogen and oxygen atoms in total. The van der Waals surface area contributed by atoms with Crippen molar-refractivity contribution >= 4 is 11.8 Å². The maximum atomic E-state index is 11.5. The van der Waals surface area contributed by atoms with Gasteiger partial charge in [0.05, 0.1) is 13.2 Å². The fourth-order valence-corrected chi connectivity index (χ4v) is 1.36. The number of carbonyl (C=O) groups excluding carboxylic acids is 2. The number of rotatable bonds is 7. The zero-order valence-electron chi connectivity index (χ0n) is 10.9. The van der Waals surface area contributed by atoms with Crippen LogP contribution in [0, 0.1) is 5.92 Å². The third-order valence-electron chi connectivity index (χ3n) is 2.73. The Morgan fingerprint density at radius 1 is 1.25 bits per heavy atom. The normalized spacial score (nSPS) is 12.9. The number of ketones is 1. The molecule has 0 aromatic carbocycles. The Morgan fingerprint density at radius 3 is 2.25 bits per heavy atom. The van der Waals surface area contributed by atoms with Crippen molar-refractivity contribution in [1.82, 2.24) is 4.90 Å². The number of nitrogens with zero attached hydrogens (tertiary/aromatic N) is 1. The molecule has 1 atom stereocenters. The zero-order valence-corrected chi connectivity index (χ0v) is 10.9. The van der Waals surface area contributed by atoms with E-state index in [0.717, 1.165) is 0 Å². The molecule has 0 radical (unpaired) electrons. The molecule has 0 saturated heterocycles. The van der Waals surface area contributed by atoms with Crippen LogP contribution in [0.15, 0.2) is 0 Å². The molecule has 0 fully saturated rings. The average molecular weight is 229 g/mol. The van der Waals surface area contributed by atoms with Crippen LogP contribution in [0.3, 0.4) is 0 Å². The first-order valence-corrected chi connectivity index (χ1v) is 5.76. The largest absolute Gasteiger partial charge is 0.466 e. The van der Waals surface area contributed by atoms with Gasteiger partial charge in [-0.15, -0.1) is 0 Å². The second-order valence-corrected chi connectivity index (χ2v) is 4.42. The fourth-order valence-electron chi connectivity index (χ4n) is 1.36. The number of esters is 1. The molecule has 0 aliphatic carbocycles. The molecule has 1 unspecified atom stereocenters. The van der Waals surface area contributed by atoms with Crippen LogP contribution in [-0.4, -0.2) is 42.9 Å². The molecule has 16 heavy (non-hydrogen) atoms. The van der Waals surface area contributed by atoms with E-state index >= 15 is 0 Å². The molecule has 0 heterocycles. The van der Waals surface area contributed by atoms with Gasteiger partial charge in [-0.05, 0) is 26.8 Å². The van der Waals surface area contributed by atoms with E-state index < -0.39 is 5.97 Å². The molecule has 0 amide bonds. The van der Waals surface area contributed by atoms with Crippen molar-refractivity contribution in [1.29, 1.82) is 0 Å². The summed E-state index contributed by atoms with van der Waals surface area (Å²) in [7, 11) is 1.90. The summed E-state index contributed by atoms with van der Waals surface area (Å²) in [5.41, 5.74) is 0. The summed E-state index contributed by atoms with van der Waals surface area (Å²) >= 11 is 0. The first-order chi connectivity index (χ1) is 7.38. The van der Waals surface area contributed by atoms with Gasteiger partial charge < -0.3 is 4.74 Å². The summed E-state index contributed by atoms with van der Waals surface area (Å²) in [5.74, 6) is -0.0352. The molecule has 0 aromatic rings. The van der Waals surface area contributed by atoms with Gasteiger partial charge in [-0.2, -0.15) is 0 Å². The summed E-state index contributed by atoms with van der Waals surface area (Å²) in [6.07, 6.45) is -0.122. The van der Waals surface area contributed by atoms with Crippen molar-refractivity contribution in [2.45, 2.75) is 40.2 Å². The molecule has 0 spiro atoms. The average Bonchev–Trinajstić information content (AvgIpc) is 2.16. The van der Waals surface area contributed by atoms with Crippen molar-refractivity contribution in [2.24, 2.45) is 5.92 Å². The van der Waals surface area contributed by atoms with E-state index in [4.69, 9.17) is 4.74 Å². The van der Waals surface area contributed by atoms with E-state index in [1.54, 1.807) is 6.92 Å². The molecule has 0 bridgehead atoms. The summed E-state index contributed by atoms with van der Waals surface area (Å²) in [5, 5.41) is 0. The zero-order chi connectivity index (χ0) is 12.7. The van der Waals surface area contributed by atoms with Crippen LogP contribution < -0.4 is 0 Å². The molecular weight excluding hydrogens is 206 g/mol. The lowest BCUT2D eigenvalue weighted by Crippen LogP contribution is -2.37. The highest BCUT2D eigenvalue weighted by molar-refractivity contribution is 5.96. The van der Waals surface area contributed by atoms with Crippen LogP contribution in [0.25, 0.3) is 0 Å². The van der Waals surface area contributed by atoms with Crippen LogP contribution >= 0.6 is 0 Å². The van der Waals surface area contributed by atoms with Gasteiger partial charge >= 0.3 is 5.97 Å². The van der Waals surface area contributed by atoms with Crippen molar-refractivity contribution < 1.29 is 14.3 Å². The predicted octanol–water partition coefficient (Wildman–Crippen LogP) is 1.48. The third-order valence-corrected chi connectivity index (χ3v) is 2.73. The number of carbonyl (C=O) groups is 2. The Balaban J connectivity index is 4.00. The maximum Gasteiger partial charge on any atom is 0.313 e. The lowest BCUT2D eigenvalue weighted by Gasteiger charge is -2.26. The fraction of sp³-hybridized carbons (Fsp3) is 0.833. The Bertz CT molecular complexity index is 238. The molecule has 0 aliphatic rings. The molecule has 0 N–H and O–H groups in total. The second kappa shape index (κ2) is 7.39. The van der Waals surface area contributed by atoms with Gasteiger partial charge in [-0.25, -0.2) is 0 Å². The lowest BCUT2D eigenvalue weighted by atomic mass is 10.0. The van der Waals surface area contributed by atoms with Crippen molar-refractivity contribution in [2.75, 3.05) is 20.2 Å². The van der Waals surface area contributed by atoms with Crippen molar-refractivity contribution in [3.8, 4) is 0 Å². The molecule has 0 aromatic heterocycles. The summed E-state index contributed by atoms with van der Waals surface area (Å²) in [6, 6.07) is 0.325. The van der Waals surface area contributed by atoms with E-state index in [1.165, 1.54) is 0 Å². The number of likely N-dealkylation sites (N-methyl/N-ethyl adjacent to an activating group) is 1. The topological polar surface area (TPSA) is 46.6 Å². The van der Waals surface area contributed by atoms with Gasteiger partial charge in [-0.1, -0.05) is 13.8 Å². The van der Waals surface area contributed by atoms with E-state index in [-0.39, 0.29) is 12.2 Å². The predicted molar refractivity (Wildman–Crippen MR) is 63.2 cm³/mol. The SMILES string of the molecule is CCOC(=O)CC(=O)CN(C)C(C)C(C)C. The first-order valence-electron chi connectivity index (χ1n) is 5.76.